The van der Waals surface area contributed by atoms with Crippen LogP contribution >= 0.6 is 0 Å². The van der Waals surface area contributed by atoms with Gasteiger partial charge in [-0.3, -0.25) is 0 Å². The number of hydrogen-bond donors (Lipinski definition) is 0. The number of para-hydroxylation sites is 4. The molecular formula is C79H62N4. The molecule has 0 spiro atoms. The normalized spacial score (nSPS) is 15.6. The van der Waals surface area contributed by atoms with Crippen LogP contribution in [0.3, 0.4) is 0 Å². The molecule has 12 aromatic rings. The van der Waals surface area contributed by atoms with Gasteiger partial charge in [-0.1, -0.05) is 147 Å². The molecule has 15 rings (SSSR count). The van der Waals surface area contributed by atoms with Gasteiger partial charge in [0.2, 0.25) is 0 Å². The van der Waals surface area contributed by atoms with Crippen molar-refractivity contribution in [2.45, 2.75) is 39.5 Å². The van der Waals surface area contributed by atoms with Crippen LogP contribution in [0.4, 0.5) is 11.4 Å². The molecule has 0 unspecified atom stereocenters. The molecule has 0 saturated carbocycles. The summed E-state index contributed by atoms with van der Waals surface area (Å²) >= 11 is 0. The summed E-state index contributed by atoms with van der Waals surface area (Å²) in [5.74, 6) is 0. The molecule has 4 heteroatoms. The van der Waals surface area contributed by atoms with Crippen molar-refractivity contribution in [3.8, 4) is 27.9 Å². The van der Waals surface area contributed by atoms with E-state index in [0.717, 1.165) is 53.9 Å². The van der Waals surface area contributed by atoms with Crippen LogP contribution in [0.25, 0.3) is 116 Å². The van der Waals surface area contributed by atoms with Crippen LogP contribution in [0.15, 0.2) is 262 Å². The Balaban J connectivity index is 0.906. The summed E-state index contributed by atoms with van der Waals surface area (Å²) in [6.45, 7) is 18.2. The molecule has 398 valence electrons. The number of nitrogens with zero attached hydrogens (tertiary/aromatic N) is 4. The molecule has 9 aromatic carbocycles. The number of benzene rings is 9. The predicted molar refractivity (Wildman–Crippen MR) is 357 cm³/mol. The van der Waals surface area contributed by atoms with Gasteiger partial charge in [0.15, 0.2) is 0 Å². The largest absolute Gasteiger partial charge is 0.337 e. The van der Waals surface area contributed by atoms with E-state index in [1.807, 2.05) is 12.2 Å². The van der Waals surface area contributed by atoms with E-state index in [0.29, 0.717) is 6.54 Å². The Bertz CT molecular complexity index is 4940. The maximum absolute atomic E-state index is 4.98. The molecule has 0 atom stereocenters. The first-order valence-electron chi connectivity index (χ1n) is 29.2. The molecule has 1 aliphatic heterocycles. The van der Waals surface area contributed by atoms with Crippen molar-refractivity contribution in [2.75, 3.05) is 11.4 Å². The zero-order valence-electron chi connectivity index (χ0n) is 47.0. The van der Waals surface area contributed by atoms with Gasteiger partial charge in [-0.25, -0.2) is 0 Å². The van der Waals surface area contributed by atoms with E-state index in [2.05, 4.69) is 276 Å². The van der Waals surface area contributed by atoms with Crippen LogP contribution in [0, 0.1) is 0 Å². The van der Waals surface area contributed by atoms with Crippen molar-refractivity contribution in [1.29, 1.82) is 0 Å². The van der Waals surface area contributed by atoms with Gasteiger partial charge in [-0.05, 0) is 216 Å². The summed E-state index contributed by atoms with van der Waals surface area (Å²) in [5, 5.41) is 7.50. The Morgan fingerprint density at radius 1 is 0.470 bits per heavy atom. The lowest BCUT2D eigenvalue weighted by Gasteiger charge is -2.36. The minimum absolute atomic E-state index is 0.704. The number of allylic oxidation sites excluding steroid dienone is 14. The molecule has 0 N–H and O–H groups in total. The first-order valence-corrected chi connectivity index (χ1v) is 29.2. The molecule has 0 radical (unpaired) electrons. The van der Waals surface area contributed by atoms with Crippen LogP contribution in [-0.2, 0) is 25.7 Å². The van der Waals surface area contributed by atoms with Crippen molar-refractivity contribution in [3.63, 3.8) is 0 Å². The maximum Gasteiger partial charge on any atom is 0.0579 e. The van der Waals surface area contributed by atoms with Crippen LogP contribution in [0.1, 0.15) is 47.2 Å². The minimum atomic E-state index is 0.704. The number of aryl methyl sites for hydroxylation is 3. The summed E-state index contributed by atoms with van der Waals surface area (Å²) in [5.41, 5.74) is 28.5. The Morgan fingerprint density at radius 2 is 0.988 bits per heavy atom. The average Bonchev–Trinajstić information content (AvgIpc) is 2.24. The van der Waals surface area contributed by atoms with Gasteiger partial charge in [-0.15, -0.1) is 0 Å². The molecule has 0 saturated heterocycles. The third kappa shape index (κ3) is 7.88. The number of anilines is 2. The summed E-state index contributed by atoms with van der Waals surface area (Å²) in [6.07, 6.45) is 27.4. The average molecular weight is 1070 g/mol. The van der Waals surface area contributed by atoms with Crippen molar-refractivity contribution >= 4 is 99.3 Å². The number of fused-ring (bicyclic) bond motifs is 12. The Labute approximate surface area is 485 Å². The third-order valence-corrected chi connectivity index (χ3v) is 17.6. The topological polar surface area (TPSA) is 18.0 Å². The van der Waals surface area contributed by atoms with Gasteiger partial charge in [0.05, 0.1) is 38.8 Å². The molecule has 2 aliphatic carbocycles. The second-order valence-corrected chi connectivity index (χ2v) is 22.3. The molecular weight excluding hydrogens is 1000 g/mol. The van der Waals surface area contributed by atoms with E-state index in [4.69, 9.17) is 6.58 Å². The number of aromatic nitrogens is 3. The summed E-state index contributed by atoms with van der Waals surface area (Å²) < 4.78 is 7.27. The second kappa shape index (κ2) is 20.1. The Kier molecular flexibility index (Phi) is 12.1. The zero-order valence-corrected chi connectivity index (χ0v) is 47.0. The van der Waals surface area contributed by atoms with Crippen molar-refractivity contribution in [2.24, 2.45) is 0 Å². The van der Waals surface area contributed by atoms with E-state index >= 15 is 0 Å². The molecule has 3 aliphatic rings. The molecule has 4 nitrogen and oxygen atoms in total. The predicted octanol–water partition coefficient (Wildman–Crippen LogP) is 20.5. The number of rotatable bonds is 10. The van der Waals surface area contributed by atoms with Gasteiger partial charge in [0.25, 0.3) is 0 Å². The molecule has 0 bridgehead atoms. The monoisotopic (exact) mass is 1070 g/mol. The molecule has 4 heterocycles. The quantitative estimate of drug-likeness (QED) is 0.125. The van der Waals surface area contributed by atoms with Crippen LogP contribution in [-0.4, -0.2) is 20.2 Å². The third-order valence-electron chi connectivity index (χ3n) is 17.6. The van der Waals surface area contributed by atoms with Gasteiger partial charge < -0.3 is 18.6 Å². The Hall–Kier alpha value is -10.2. The SMILES string of the molecule is C=C/C=C(\C=C/C)n1c2ccccc2c2cc(-c3ccc4c(c3)c3cc5c6c(c3n4C(/C=C\C)=C/C=C)CCc3c-6c(cc4c3N(c3ccccc3)C/C=C\C(c3ccc6c(c3)c3ccccc3n6-c3ccccc3)=C/C4=C)CC5)ccc21. The highest BCUT2D eigenvalue weighted by atomic mass is 15.1. The lowest BCUT2D eigenvalue weighted by atomic mass is 9.72. The lowest BCUT2D eigenvalue weighted by Crippen LogP contribution is -2.24. The zero-order chi connectivity index (χ0) is 55.9. The summed E-state index contributed by atoms with van der Waals surface area (Å²) in [6, 6.07) is 65.4. The van der Waals surface area contributed by atoms with Crippen molar-refractivity contribution in [1.82, 2.24) is 13.7 Å². The molecule has 0 fully saturated rings. The molecule has 0 amide bonds. The fourth-order valence-electron chi connectivity index (χ4n) is 14.3. The highest BCUT2D eigenvalue weighted by Gasteiger charge is 2.35. The van der Waals surface area contributed by atoms with E-state index < -0.39 is 0 Å². The van der Waals surface area contributed by atoms with Gasteiger partial charge >= 0.3 is 0 Å². The van der Waals surface area contributed by atoms with Crippen LogP contribution in [0.2, 0.25) is 0 Å². The minimum Gasteiger partial charge on any atom is -0.337 e. The van der Waals surface area contributed by atoms with Crippen molar-refractivity contribution in [3.05, 3.63) is 296 Å². The number of hydrogen-bond acceptors (Lipinski definition) is 1. The summed E-state index contributed by atoms with van der Waals surface area (Å²) in [7, 11) is 0. The highest BCUT2D eigenvalue weighted by molar-refractivity contribution is 6.17. The van der Waals surface area contributed by atoms with Gasteiger partial charge in [0, 0.05) is 67.2 Å². The fraction of sp³-hybridized carbons (Fsp3) is 0.0886. The lowest BCUT2D eigenvalue weighted by molar-refractivity contribution is 0.873. The highest BCUT2D eigenvalue weighted by Crippen LogP contribution is 2.53. The fourth-order valence-corrected chi connectivity index (χ4v) is 14.3. The Morgan fingerprint density at radius 3 is 1.69 bits per heavy atom. The maximum atomic E-state index is 4.98. The van der Waals surface area contributed by atoms with E-state index in [1.54, 1.807) is 0 Å². The first-order chi connectivity index (χ1) is 40.9. The van der Waals surface area contributed by atoms with E-state index in [9.17, 15) is 0 Å². The van der Waals surface area contributed by atoms with Crippen LogP contribution < -0.4 is 4.90 Å². The van der Waals surface area contributed by atoms with Crippen LogP contribution in [0.5, 0.6) is 0 Å². The van der Waals surface area contributed by atoms with Crippen molar-refractivity contribution < 1.29 is 0 Å². The van der Waals surface area contributed by atoms with E-state index in [1.165, 1.54) is 132 Å². The second-order valence-electron chi connectivity index (χ2n) is 22.3. The first kappa shape index (κ1) is 49.8. The van der Waals surface area contributed by atoms with Gasteiger partial charge in [-0.2, -0.15) is 0 Å². The molecule has 83 heavy (non-hydrogen) atoms. The standard InChI is InChI=1S/C79H62N4/c1-6-21-59(22-7-2)81-71-32-18-16-30-62(71)68-47-54(37-42-73(68)81)55-38-43-75-69(48-55)70-50-57-35-34-56-49-66-51(5)45-52(53-36-41-74-67(46-53)63-31-17-19-33-72(63)82(74)61-28-14-11-15-29-61)25-20-44-80(58-26-12-10-13-27-58)78(66)64-39-40-65(77(57)76(56)64)79(70)83(75)60(23-8-3)24-9-4/h6-33,36-38,41-43,45-50H,1,3,5,34-35,39-40,44H2,2,4H3/b22-7-,24-9-,25-20-,52-45+,59-21+,60-23+. The molecule has 3 aromatic heterocycles. The van der Waals surface area contributed by atoms with Gasteiger partial charge in [0.1, 0.15) is 0 Å². The van der Waals surface area contributed by atoms with E-state index in [-0.39, 0.29) is 0 Å². The smallest absolute Gasteiger partial charge is 0.0579 e. The summed E-state index contributed by atoms with van der Waals surface area (Å²) in [4.78, 5) is 2.56.